The molecule has 1 unspecified atom stereocenters. The lowest BCUT2D eigenvalue weighted by Gasteiger charge is -2.20. The van der Waals surface area contributed by atoms with E-state index < -0.39 is 0 Å². The van der Waals surface area contributed by atoms with Crippen molar-refractivity contribution >= 4 is 11.7 Å². The number of likely N-dealkylation sites (N-methyl/N-ethyl adjacent to an activating group) is 1. The zero-order chi connectivity index (χ0) is 12.4. The second kappa shape index (κ2) is 4.67. The van der Waals surface area contributed by atoms with E-state index in [0.717, 1.165) is 19.5 Å². The third kappa shape index (κ3) is 2.52. The molecule has 0 aliphatic carbocycles. The molecule has 6 nitrogen and oxygen atoms in total. The molecule has 92 valence electrons. The number of carbonyl (C=O) groups is 1. The molecule has 1 aliphatic rings. The third-order valence-corrected chi connectivity index (χ3v) is 3.05. The predicted octanol–water partition coefficient (Wildman–Crippen LogP) is -0.165. The molecule has 1 atom stereocenters. The number of nitrogens with two attached hydrogens (primary N) is 1. The minimum absolute atomic E-state index is 0.0887. The second-order valence-electron chi connectivity index (χ2n) is 4.49. The van der Waals surface area contributed by atoms with Gasteiger partial charge in [-0.15, -0.1) is 0 Å². The van der Waals surface area contributed by atoms with Crippen LogP contribution in [0, 0.1) is 0 Å². The number of aromatic nitrogens is 2. The van der Waals surface area contributed by atoms with Crippen molar-refractivity contribution in [1.29, 1.82) is 0 Å². The zero-order valence-electron chi connectivity index (χ0n) is 10.1. The second-order valence-corrected chi connectivity index (χ2v) is 4.49. The van der Waals surface area contributed by atoms with Crippen molar-refractivity contribution in [2.75, 3.05) is 32.9 Å². The molecule has 0 saturated carbocycles. The molecule has 0 radical (unpaired) electrons. The summed E-state index contributed by atoms with van der Waals surface area (Å²) in [4.78, 5) is 23.9. The largest absolute Gasteiger partial charge is 0.382 e. The van der Waals surface area contributed by atoms with Crippen LogP contribution < -0.4 is 5.73 Å². The molecule has 1 aromatic heterocycles. The molecule has 1 saturated heterocycles. The van der Waals surface area contributed by atoms with Gasteiger partial charge < -0.3 is 15.5 Å². The highest BCUT2D eigenvalue weighted by molar-refractivity contribution is 5.92. The van der Waals surface area contributed by atoms with E-state index in [0.29, 0.717) is 11.7 Å². The van der Waals surface area contributed by atoms with Gasteiger partial charge in [0.05, 0.1) is 12.4 Å². The van der Waals surface area contributed by atoms with Crippen molar-refractivity contribution in [2.45, 2.75) is 12.5 Å². The van der Waals surface area contributed by atoms with Crippen LogP contribution in [0.2, 0.25) is 0 Å². The van der Waals surface area contributed by atoms with Crippen molar-refractivity contribution in [3.63, 3.8) is 0 Å². The first-order valence-electron chi connectivity index (χ1n) is 5.61. The summed E-state index contributed by atoms with van der Waals surface area (Å²) in [6.07, 6.45) is 3.89. The highest BCUT2D eigenvalue weighted by Crippen LogP contribution is 2.15. The minimum Gasteiger partial charge on any atom is -0.382 e. The van der Waals surface area contributed by atoms with Crippen LogP contribution in [0.25, 0.3) is 0 Å². The summed E-state index contributed by atoms with van der Waals surface area (Å²) in [5, 5.41) is 0. The lowest BCUT2D eigenvalue weighted by molar-refractivity contribution is 0.0777. The van der Waals surface area contributed by atoms with Crippen LogP contribution in [0.5, 0.6) is 0 Å². The van der Waals surface area contributed by atoms with E-state index in [4.69, 9.17) is 5.73 Å². The average Bonchev–Trinajstić information content (AvgIpc) is 2.77. The molecule has 0 bridgehead atoms. The van der Waals surface area contributed by atoms with Crippen LogP contribution in [0.3, 0.4) is 0 Å². The molecule has 2 N–H and O–H groups in total. The van der Waals surface area contributed by atoms with Gasteiger partial charge in [-0.2, -0.15) is 0 Å². The van der Waals surface area contributed by atoms with Gasteiger partial charge in [0.25, 0.3) is 5.91 Å². The first kappa shape index (κ1) is 11.8. The molecule has 17 heavy (non-hydrogen) atoms. The summed E-state index contributed by atoms with van der Waals surface area (Å²) in [7, 11) is 4.05. The number of nitrogen functional groups attached to an aromatic ring is 1. The molecule has 2 rings (SSSR count). The number of anilines is 1. The number of nitrogens with zero attached hydrogens (tertiary/aromatic N) is 4. The standard InChI is InChI=1S/C11H17N5O/c1-15(2)8-3-4-16(7-8)11(17)9-5-13-6-10(12)14-9/h5-6,8H,3-4,7H2,1-2H3,(H2,12,14). The average molecular weight is 235 g/mol. The molecule has 2 heterocycles. The number of hydrogen-bond donors (Lipinski definition) is 1. The normalized spacial score (nSPS) is 19.9. The van der Waals surface area contributed by atoms with Crippen molar-refractivity contribution < 1.29 is 4.79 Å². The number of amides is 1. The minimum atomic E-state index is -0.0887. The number of likely N-dealkylation sites (tertiary alicyclic amines) is 1. The highest BCUT2D eigenvalue weighted by Gasteiger charge is 2.28. The third-order valence-electron chi connectivity index (χ3n) is 3.05. The topological polar surface area (TPSA) is 75.3 Å². The Hall–Kier alpha value is -1.69. The summed E-state index contributed by atoms with van der Waals surface area (Å²) < 4.78 is 0. The van der Waals surface area contributed by atoms with Gasteiger partial charge >= 0.3 is 0 Å². The van der Waals surface area contributed by atoms with E-state index >= 15 is 0 Å². The highest BCUT2D eigenvalue weighted by atomic mass is 16.2. The summed E-state index contributed by atoms with van der Waals surface area (Å²) in [6.45, 7) is 1.50. The van der Waals surface area contributed by atoms with Crippen LogP contribution in [-0.2, 0) is 0 Å². The van der Waals surface area contributed by atoms with E-state index in [1.54, 1.807) is 4.90 Å². The fourth-order valence-corrected chi connectivity index (χ4v) is 1.99. The Labute approximate surface area is 100 Å². The van der Waals surface area contributed by atoms with Gasteiger partial charge in [-0.3, -0.25) is 9.78 Å². The summed E-state index contributed by atoms with van der Waals surface area (Å²) >= 11 is 0. The quantitative estimate of drug-likeness (QED) is 0.770. The molecule has 0 spiro atoms. The van der Waals surface area contributed by atoms with E-state index in [-0.39, 0.29) is 11.7 Å². The van der Waals surface area contributed by atoms with Crippen LogP contribution in [-0.4, -0.2) is 58.9 Å². The first-order chi connectivity index (χ1) is 8.08. The number of carbonyl (C=O) groups excluding carboxylic acids is 1. The van der Waals surface area contributed by atoms with Crippen LogP contribution in [0.1, 0.15) is 16.9 Å². The van der Waals surface area contributed by atoms with E-state index in [1.807, 2.05) is 14.1 Å². The van der Waals surface area contributed by atoms with Gasteiger partial charge in [0, 0.05) is 19.1 Å². The van der Waals surface area contributed by atoms with Crippen LogP contribution in [0.15, 0.2) is 12.4 Å². The van der Waals surface area contributed by atoms with Gasteiger partial charge in [0.2, 0.25) is 0 Å². The maximum absolute atomic E-state index is 12.1. The lowest BCUT2D eigenvalue weighted by Crippen LogP contribution is -2.34. The van der Waals surface area contributed by atoms with Crippen LogP contribution >= 0.6 is 0 Å². The fourth-order valence-electron chi connectivity index (χ4n) is 1.99. The molecule has 6 heteroatoms. The molecular weight excluding hydrogens is 218 g/mol. The Morgan fingerprint density at radius 1 is 1.53 bits per heavy atom. The van der Waals surface area contributed by atoms with Crippen molar-refractivity contribution in [3.8, 4) is 0 Å². The van der Waals surface area contributed by atoms with E-state index in [9.17, 15) is 4.79 Å². The smallest absolute Gasteiger partial charge is 0.274 e. The van der Waals surface area contributed by atoms with Crippen LogP contribution in [0.4, 0.5) is 5.82 Å². The van der Waals surface area contributed by atoms with Crippen molar-refractivity contribution in [1.82, 2.24) is 19.8 Å². The van der Waals surface area contributed by atoms with E-state index in [1.165, 1.54) is 12.4 Å². The Morgan fingerprint density at radius 2 is 2.29 bits per heavy atom. The Morgan fingerprint density at radius 3 is 2.88 bits per heavy atom. The number of rotatable bonds is 2. The SMILES string of the molecule is CN(C)C1CCN(C(=O)c2cncc(N)n2)C1. The summed E-state index contributed by atoms with van der Waals surface area (Å²) in [6, 6.07) is 0.424. The molecule has 0 aromatic carbocycles. The molecule has 1 fully saturated rings. The first-order valence-corrected chi connectivity index (χ1v) is 5.61. The summed E-state index contributed by atoms with van der Waals surface area (Å²) in [5.41, 5.74) is 5.84. The monoisotopic (exact) mass is 235 g/mol. The van der Waals surface area contributed by atoms with Gasteiger partial charge in [0.1, 0.15) is 11.5 Å². The van der Waals surface area contributed by atoms with Gasteiger partial charge in [-0.05, 0) is 20.5 Å². The van der Waals surface area contributed by atoms with Gasteiger partial charge in [0.15, 0.2) is 0 Å². The molecule has 1 aliphatic heterocycles. The number of hydrogen-bond acceptors (Lipinski definition) is 5. The fraction of sp³-hybridized carbons (Fsp3) is 0.545. The van der Waals surface area contributed by atoms with E-state index in [2.05, 4.69) is 14.9 Å². The van der Waals surface area contributed by atoms with Crippen molar-refractivity contribution in [3.05, 3.63) is 18.1 Å². The molecular formula is C11H17N5O. The Kier molecular flexibility index (Phi) is 3.23. The Balaban J connectivity index is 2.07. The Bertz CT molecular complexity index is 420. The maximum atomic E-state index is 12.1. The lowest BCUT2D eigenvalue weighted by atomic mass is 10.2. The van der Waals surface area contributed by atoms with Gasteiger partial charge in [-0.1, -0.05) is 0 Å². The van der Waals surface area contributed by atoms with Gasteiger partial charge in [-0.25, -0.2) is 4.98 Å². The molecule has 1 amide bonds. The summed E-state index contributed by atoms with van der Waals surface area (Å²) in [5.74, 6) is 0.188. The molecule has 1 aromatic rings. The van der Waals surface area contributed by atoms with Crippen molar-refractivity contribution in [2.24, 2.45) is 0 Å². The predicted molar refractivity (Wildman–Crippen MR) is 64.4 cm³/mol. The zero-order valence-corrected chi connectivity index (χ0v) is 10.1. The maximum Gasteiger partial charge on any atom is 0.274 e.